The van der Waals surface area contributed by atoms with E-state index in [9.17, 15) is 9.59 Å². The third-order valence-corrected chi connectivity index (χ3v) is 8.00. The number of carbonyl (C=O) groups is 2. The first-order valence-electron chi connectivity index (χ1n) is 12.8. The van der Waals surface area contributed by atoms with Crippen LogP contribution in [0.5, 0.6) is 11.5 Å². The first-order chi connectivity index (χ1) is 15.9. The van der Waals surface area contributed by atoms with E-state index in [1.807, 2.05) is 25.1 Å². The minimum absolute atomic E-state index is 0.0285. The molecular weight excluding hydrogens is 416 g/mol. The Labute approximate surface area is 198 Å². The van der Waals surface area contributed by atoms with Gasteiger partial charge >= 0.3 is 0 Å². The molecule has 4 bridgehead atoms. The van der Waals surface area contributed by atoms with Crippen LogP contribution in [0.1, 0.15) is 83.2 Å². The van der Waals surface area contributed by atoms with Crippen LogP contribution in [0.3, 0.4) is 0 Å². The molecule has 1 aromatic carbocycles. The molecule has 4 aliphatic carbocycles. The molecule has 4 fully saturated rings. The number of amides is 2. The maximum atomic E-state index is 13.1. The molecule has 2 N–H and O–H groups in total. The molecule has 6 nitrogen and oxygen atoms in total. The fourth-order valence-electron chi connectivity index (χ4n) is 6.72. The van der Waals surface area contributed by atoms with Crippen molar-refractivity contribution in [1.29, 1.82) is 0 Å². The molecule has 4 aliphatic rings. The second-order valence-corrected chi connectivity index (χ2v) is 10.6. The summed E-state index contributed by atoms with van der Waals surface area (Å²) in [6, 6.07) is 5.57. The van der Waals surface area contributed by atoms with Gasteiger partial charge in [0.15, 0.2) is 11.5 Å². The van der Waals surface area contributed by atoms with Gasteiger partial charge in [-0.2, -0.15) is 0 Å². The molecule has 0 spiro atoms. The van der Waals surface area contributed by atoms with Gasteiger partial charge in [0.1, 0.15) is 0 Å². The normalized spacial score (nSPS) is 28.3. The van der Waals surface area contributed by atoms with E-state index in [0.29, 0.717) is 30.1 Å². The number of hydrogen-bond acceptors (Lipinski definition) is 4. The molecule has 0 heterocycles. The van der Waals surface area contributed by atoms with Gasteiger partial charge in [-0.25, -0.2) is 0 Å². The van der Waals surface area contributed by atoms with Crippen LogP contribution >= 0.6 is 0 Å². The molecule has 0 saturated heterocycles. The van der Waals surface area contributed by atoms with Crippen LogP contribution < -0.4 is 20.1 Å². The van der Waals surface area contributed by atoms with Gasteiger partial charge in [-0.1, -0.05) is 25.8 Å². The highest BCUT2D eigenvalue weighted by molar-refractivity contribution is 5.88. The molecule has 5 rings (SSSR count). The number of hydrogen-bond donors (Lipinski definition) is 2. The van der Waals surface area contributed by atoms with Crippen LogP contribution in [0.25, 0.3) is 0 Å². The zero-order chi connectivity index (χ0) is 23.4. The minimum atomic E-state index is -0.221. The Morgan fingerprint density at radius 3 is 2.33 bits per heavy atom. The zero-order valence-electron chi connectivity index (χ0n) is 20.5. The summed E-state index contributed by atoms with van der Waals surface area (Å²) in [5.41, 5.74) is 0.717. The third-order valence-electron chi connectivity index (χ3n) is 8.00. The lowest BCUT2D eigenvalue weighted by molar-refractivity contribution is -0.147. The summed E-state index contributed by atoms with van der Waals surface area (Å²) in [7, 11) is 1.63. The summed E-state index contributed by atoms with van der Waals surface area (Å²) in [4.78, 5) is 25.7. The molecule has 182 valence electrons. The van der Waals surface area contributed by atoms with Crippen molar-refractivity contribution < 1.29 is 19.1 Å². The minimum Gasteiger partial charge on any atom is -0.493 e. The molecule has 0 aromatic heterocycles. The summed E-state index contributed by atoms with van der Waals surface area (Å²) in [5.74, 6) is 3.45. The maximum Gasteiger partial charge on any atom is 0.239 e. The van der Waals surface area contributed by atoms with E-state index in [1.165, 1.54) is 19.3 Å². The number of nitrogens with one attached hydrogen (secondary N) is 2. The molecule has 1 unspecified atom stereocenters. The van der Waals surface area contributed by atoms with Crippen LogP contribution in [-0.2, 0) is 9.59 Å². The van der Waals surface area contributed by atoms with Crippen molar-refractivity contribution in [2.75, 3.05) is 20.3 Å². The van der Waals surface area contributed by atoms with Gasteiger partial charge in [-0.05, 0) is 87.3 Å². The van der Waals surface area contributed by atoms with Crippen LogP contribution in [0.2, 0.25) is 0 Å². The van der Waals surface area contributed by atoms with Crippen LogP contribution in [0, 0.1) is 23.2 Å². The number of carbonyl (C=O) groups excluding carboxylic acids is 2. The van der Waals surface area contributed by atoms with E-state index in [-0.39, 0.29) is 29.8 Å². The summed E-state index contributed by atoms with van der Waals surface area (Å²) < 4.78 is 11.4. The molecule has 1 aromatic rings. The largest absolute Gasteiger partial charge is 0.493 e. The van der Waals surface area contributed by atoms with Gasteiger partial charge in [-0.15, -0.1) is 0 Å². The molecular formula is C27H40N2O4. The van der Waals surface area contributed by atoms with Crippen molar-refractivity contribution in [3.63, 3.8) is 0 Å². The second-order valence-electron chi connectivity index (χ2n) is 10.6. The first-order valence-corrected chi connectivity index (χ1v) is 12.8. The fraction of sp³-hybridized carbons (Fsp3) is 0.704. The van der Waals surface area contributed by atoms with Gasteiger partial charge in [0.05, 0.1) is 26.3 Å². The fourth-order valence-corrected chi connectivity index (χ4v) is 6.72. The lowest BCUT2D eigenvalue weighted by atomic mass is 9.49. The Morgan fingerprint density at radius 2 is 1.73 bits per heavy atom. The maximum absolute atomic E-state index is 13.1. The zero-order valence-corrected chi connectivity index (χ0v) is 20.5. The summed E-state index contributed by atoms with van der Waals surface area (Å²) in [5, 5.41) is 5.97. The van der Waals surface area contributed by atoms with Gasteiger partial charge in [0, 0.05) is 5.41 Å². The lowest BCUT2D eigenvalue weighted by Crippen LogP contribution is -2.54. The monoisotopic (exact) mass is 456 g/mol. The molecule has 33 heavy (non-hydrogen) atoms. The van der Waals surface area contributed by atoms with E-state index < -0.39 is 0 Å². The highest BCUT2D eigenvalue weighted by Crippen LogP contribution is 2.60. The van der Waals surface area contributed by atoms with Gasteiger partial charge in [0.2, 0.25) is 11.8 Å². The summed E-state index contributed by atoms with van der Waals surface area (Å²) >= 11 is 0. The van der Waals surface area contributed by atoms with Gasteiger partial charge < -0.3 is 20.1 Å². The van der Waals surface area contributed by atoms with Crippen molar-refractivity contribution in [3.05, 3.63) is 23.8 Å². The number of rotatable bonds is 11. The van der Waals surface area contributed by atoms with Crippen molar-refractivity contribution in [2.24, 2.45) is 23.2 Å². The number of unbranched alkanes of at least 4 members (excludes halogenated alkanes) is 2. The van der Waals surface area contributed by atoms with Crippen molar-refractivity contribution in [3.8, 4) is 11.5 Å². The third kappa shape index (κ3) is 5.47. The highest BCUT2D eigenvalue weighted by atomic mass is 16.5. The average molecular weight is 457 g/mol. The smallest absolute Gasteiger partial charge is 0.239 e. The van der Waals surface area contributed by atoms with Gasteiger partial charge in [0.25, 0.3) is 0 Å². The summed E-state index contributed by atoms with van der Waals surface area (Å²) in [6.45, 7) is 4.80. The lowest BCUT2D eigenvalue weighted by Gasteiger charge is -2.55. The molecule has 0 radical (unpaired) electrons. The first kappa shape index (κ1) is 23.9. The molecule has 1 atom stereocenters. The Morgan fingerprint density at radius 1 is 1.06 bits per heavy atom. The Bertz CT molecular complexity index is 817. The highest BCUT2D eigenvalue weighted by Gasteiger charge is 2.54. The van der Waals surface area contributed by atoms with Gasteiger partial charge in [-0.3, -0.25) is 9.59 Å². The average Bonchev–Trinajstić information content (AvgIpc) is 2.79. The summed E-state index contributed by atoms with van der Waals surface area (Å²) in [6.07, 6.45) is 10.2. The van der Waals surface area contributed by atoms with E-state index >= 15 is 0 Å². The standard InChI is InChI=1S/C27H40N2O4/c1-4-5-6-9-33-23-8-7-22(13-24(23)32-3)18(2)29-25(30)17-28-26(31)27-14-19-10-20(15-27)12-21(11-19)16-27/h7-8,13,18-21H,4-6,9-12,14-17H2,1-3H3,(H,28,31)(H,29,30). The SMILES string of the molecule is CCCCCOc1ccc(C(C)NC(=O)CNC(=O)C23CC4CC(CC(C4)C2)C3)cc1OC. The van der Waals surface area contributed by atoms with Crippen molar-refractivity contribution in [1.82, 2.24) is 10.6 Å². The van der Waals surface area contributed by atoms with E-state index in [2.05, 4.69) is 17.6 Å². The van der Waals surface area contributed by atoms with Crippen molar-refractivity contribution in [2.45, 2.75) is 77.7 Å². The molecule has 2 amide bonds. The van der Waals surface area contributed by atoms with Crippen LogP contribution in [-0.4, -0.2) is 32.1 Å². The van der Waals surface area contributed by atoms with E-state index in [1.54, 1.807) is 7.11 Å². The Kier molecular flexibility index (Phi) is 7.50. The predicted octanol–water partition coefficient (Wildman–Crippen LogP) is 4.77. The van der Waals surface area contributed by atoms with Crippen LogP contribution in [0.4, 0.5) is 0 Å². The Hall–Kier alpha value is -2.24. The number of benzene rings is 1. The quantitative estimate of drug-likeness (QED) is 0.470. The second kappa shape index (κ2) is 10.4. The Balaban J connectivity index is 1.27. The molecule has 6 heteroatoms. The topological polar surface area (TPSA) is 76.7 Å². The number of ether oxygens (including phenoxy) is 2. The van der Waals surface area contributed by atoms with Crippen molar-refractivity contribution >= 4 is 11.8 Å². The van der Waals surface area contributed by atoms with E-state index in [4.69, 9.17) is 9.47 Å². The molecule has 4 saturated carbocycles. The van der Waals surface area contributed by atoms with E-state index in [0.717, 1.165) is 49.8 Å². The number of methoxy groups -OCH3 is 1. The van der Waals surface area contributed by atoms with Crippen LogP contribution in [0.15, 0.2) is 18.2 Å². The predicted molar refractivity (Wildman–Crippen MR) is 128 cm³/mol. The molecule has 0 aliphatic heterocycles.